The molecule has 3 rings (SSSR count). The number of benzene rings is 2. The summed E-state index contributed by atoms with van der Waals surface area (Å²) in [5.41, 5.74) is 2.52. The van der Waals surface area contributed by atoms with Crippen molar-refractivity contribution in [2.45, 2.75) is 25.4 Å². The number of aldehydes is 1. The molecule has 2 atom stereocenters. The molecule has 1 saturated heterocycles. The number of nitrogens with one attached hydrogen (secondary N) is 1. The molecule has 1 aliphatic heterocycles. The van der Waals surface area contributed by atoms with Crippen LogP contribution in [-0.2, 0) is 4.79 Å². The Bertz CT molecular complexity index is 757. The number of nitrogens with zero attached hydrogens (tertiary/aromatic N) is 2. The first kappa shape index (κ1) is 17.1. The highest BCUT2D eigenvalue weighted by atomic mass is 16.6. The molecule has 1 aliphatic rings. The zero-order valence-electron chi connectivity index (χ0n) is 14.1. The van der Waals surface area contributed by atoms with Gasteiger partial charge >= 0.3 is 0 Å². The van der Waals surface area contributed by atoms with Gasteiger partial charge in [-0.1, -0.05) is 42.0 Å². The summed E-state index contributed by atoms with van der Waals surface area (Å²) < 4.78 is 0. The van der Waals surface area contributed by atoms with Crippen LogP contribution in [0.15, 0.2) is 48.5 Å². The van der Waals surface area contributed by atoms with E-state index in [2.05, 4.69) is 10.2 Å². The van der Waals surface area contributed by atoms with Crippen LogP contribution in [-0.4, -0.2) is 35.2 Å². The largest absolute Gasteiger partial charge is 0.368 e. The Balaban J connectivity index is 1.92. The number of rotatable bonds is 7. The van der Waals surface area contributed by atoms with Gasteiger partial charge in [-0.05, 0) is 25.0 Å². The van der Waals surface area contributed by atoms with Gasteiger partial charge in [0, 0.05) is 19.2 Å². The second-order valence-corrected chi connectivity index (χ2v) is 6.33. The Morgan fingerprint density at radius 1 is 1.16 bits per heavy atom. The summed E-state index contributed by atoms with van der Waals surface area (Å²) >= 11 is 0. The average molecular weight is 339 g/mol. The van der Waals surface area contributed by atoms with E-state index < -0.39 is 11.0 Å². The van der Waals surface area contributed by atoms with Crippen LogP contribution in [0.5, 0.6) is 0 Å². The fourth-order valence-electron chi connectivity index (χ4n) is 3.15. The number of hydrogen-bond donors (Lipinski definition) is 1. The van der Waals surface area contributed by atoms with Crippen LogP contribution in [0.1, 0.15) is 23.6 Å². The Labute approximate surface area is 146 Å². The predicted octanol–water partition coefficient (Wildman–Crippen LogP) is 3.33. The van der Waals surface area contributed by atoms with Gasteiger partial charge in [0.05, 0.1) is 11.0 Å². The zero-order chi connectivity index (χ0) is 17.8. The van der Waals surface area contributed by atoms with Crippen molar-refractivity contribution in [1.29, 1.82) is 0 Å². The summed E-state index contributed by atoms with van der Waals surface area (Å²) in [5.74, 6) is 0. The highest BCUT2D eigenvalue weighted by Gasteiger charge is 2.33. The van der Waals surface area contributed by atoms with E-state index in [1.54, 1.807) is 18.2 Å². The number of hydrogen-bond acceptors (Lipinski definition) is 5. The zero-order valence-corrected chi connectivity index (χ0v) is 14.1. The molecule has 0 bridgehead atoms. The molecule has 6 heteroatoms. The van der Waals surface area contributed by atoms with Crippen molar-refractivity contribution in [1.82, 2.24) is 4.90 Å². The molecule has 0 radical (unpaired) electrons. The van der Waals surface area contributed by atoms with Crippen LogP contribution < -0.4 is 5.32 Å². The molecule has 2 unspecified atom stereocenters. The molecule has 130 valence electrons. The van der Waals surface area contributed by atoms with Crippen LogP contribution in [0.4, 0.5) is 11.4 Å². The van der Waals surface area contributed by atoms with Crippen molar-refractivity contribution >= 4 is 17.7 Å². The highest BCUT2D eigenvalue weighted by molar-refractivity contribution is 5.71. The third kappa shape index (κ3) is 3.69. The van der Waals surface area contributed by atoms with Crippen molar-refractivity contribution in [3.63, 3.8) is 0 Å². The van der Waals surface area contributed by atoms with Crippen molar-refractivity contribution < 1.29 is 9.72 Å². The number of carbonyl (C=O) groups excluding carboxylic acids is 1. The van der Waals surface area contributed by atoms with E-state index in [1.807, 2.05) is 31.2 Å². The van der Waals surface area contributed by atoms with E-state index in [0.29, 0.717) is 5.69 Å². The number of anilines is 1. The predicted molar refractivity (Wildman–Crippen MR) is 96.7 cm³/mol. The fraction of sp³-hybridized carbons (Fsp3) is 0.316. The normalized spacial score (nSPS) is 16.5. The third-order valence-corrected chi connectivity index (χ3v) is 4.61. The molecule has 25 heavy (non-hydrogen) atoms. The van der Waals surface area contributed by atoms with Crippen molar-refractivity contribution in [2.24, 2.45) is 0 Å². The highest BCUT2D eigenvalue weighted by Crippen LogP contribution is 2.32. The number of carbonyl (C=O) groups is 1. The second-order valence-electron chi connectivity index (χ2n) is 6.33. The Hall–Kier alpha value is -2.73. The number of para-hydroxylation sites is 2. The van der Waals surface area contributed by atoms with Gasteiger partial charge in [-0.15, -0.1) is 0 Å². The van der Waals surface area contributed by atoms with Gasteiger partial charge in [0.1, 0.15) is 18.0 Å². The van der Waals surface area contributed by atoms with E-state index in [1.165, 1.54) is 6.07 Å². The Morgan fingerprint density at radius 3 is 2.40 bits per heavy atom. The number of nitro groups is 1. The lowest BCUT2D eigenvalue weighted by Crippen LogP contribution is -2.47. The molecule has 0 aromatic heterocycles. The van der Waals surface area contributed by atoms with E-state index in [9.17, 15) is 14.9 Å². The summed E-state index contributed by atoms with van der Waals surface area (Å²) in [6.45, 7) is 3.86. The lowest BCUT2D eigenvalue weighted by atomic mass is 9.94. The topological polar surface area (TPSA) is 75.5 Å². The minimum absolute atomic E-state index is 0.0272. The van der Waals surface area contributed by atoms with E-state index >= 15 is 0 Å². The smallest absolute Gasteiger partial charge is 0.292 e. The molecular weight excluding hydrogens is 318 g/mol. The number of aryl methyl sites for hydroxylation is 1. The average Bonchev–Trinajstić information content (AvgIpc) is 2.57. The van der Waals surface area contributed by atoms with Crippen LogP contribution in [0, 0.1) is 17.0 Å². The van der Waals surface area contributed by atoms with E-state index in [0.717, 1.165) is 36.9 Å². The lowest BCUT2D eigenvalue weighted by Gasteiger charge is -2.41. The monoisotopic (exact) mass is 339 g/mol. The molecule has 2 aromatic rings. The first-order valence-electron chi connectivity index (χ1n) is 8.36. The quantitative estimate of drug-likeness (QED) is 0.476. The fourth-order valence-corrected chi connectivity index (χ4v) is 3.15. The number of likely N-dealkylation sites (tertiary alicyclic amines) is 1. The van der Waals surface area contributed by atoms with Crippen LogP contribution in [0.25, 0.3) is 0 Å². The van der Waals surface area contributed by atoms with E-state index in [-0.39, 0.29) is 11.7 Å². The van der Waals surface area contributed by atoms with Crippen molar-refractivity contribution in [3.05, 3.63) is 69.8 Å². The van der Waals surface area contributed by atoms with Gasteiger partial charge in [-0.25, -0.2) is 0 Å². The van der Waals surface area contributed by atoms with Gasteiger partial charge in [0.2, 0.25) is 0 Å². The molecule has 1 heterocycles. The maximum absolute atomic E-state index is 11.9. The molecule has 1 N–H and O–H groups in total. The summed E-state index contributed by atoms with van der Waals surface area (Å²) in [7, 11) is 0. The van der Waals surface area contributed by atoms with Crippen LogP contribution in [0.3, 0.4) is 0 Å². The van der Waals surface area contributed by atoms with Crippen LogP contribution >= 0.6 is 0 Å². The first-order valence-corrected chi connectivity index (χ1v) is 8.36. The van der Waals surface area contributed by atoms with Gasteiger partial charge in [-0.3, -0.25) is 15.0 Å². The van der Waals surface area contributed by atoms with Crippen molar-refractivity contribution in [2.75, 3.05) is 18.4 Å². The summed E-state index contributed by atoms with van der Waals surface area (Å²) in [6, 6.07) is 13.8. The summed E-state index contributed by atoms with van der Waals surface area (Å²) in [4.78, 5) is 24.9. The van der Waals surface area contributed by atoms with Crippen molar-refractivity contribution in [3.8, 4) is 0 Å². The summed E-state index contributed by atoms with van der Waals surface area (Å²) in [6.07, 6.45) is 1.94. The second kappa shape index (κ2) is 7.44. The van der Waals surface area contributed by atoms with Gasteiger partial charge < -0.3 is 10.1 Å². The van der Waals surface area contributed by atoms with Gasteiger partial charge in [0.25, 0.3) is 5.69 Å². The molecule has 0 spiro atoms. The minimum Gasteiger partial charge on any atom is -0.368 e. The first-order chi connectivity index (χ1) is 12.1. The SMILES string of the molecule is Cc1ccc(C(C(C=O)Nc2ccccc2[N+](=O)[O-])N2CCC2)cc1. The Morgan fingerprint density at radius 2 is 1.84 bits per heavy atom. The lowest BCUT2D eigenvalue weighted by molar-refractivity contribution is -0.384. The molecule has 0 amide bonds. The van der Waals surface area contributed by atoms with E-state index in [4.69, 9.17) is 0 Å². The van der Waals surface area contributed by atoms with Gasteiger partial charge in [0.15, 0.2) is 0 Å². The molecular formula is C19H21N3O3. The molecule has 6 nitrogen and oxygen atoms in total. The molecule has 2 aromatic carbocycles. The standard InChI is InChI=1S/C19H21N3O3/c1-14-7-9-15(10-8-14)19(21-11-4-12-21)17(13-23)20-16-5-2-3-6-18(16)22(24)25/h2-3,5-10,13,17,19-20H,4,11-12H2,1H3. The Kier molecular flexibility index (Phi) is 5.09. The number of nitro benzene ring substituents is 1. The molecule has 0 aliphatic carbocycles. The van der Waals surface area contributed by atoms with Gasteiger partial charge in [-0.2, -0.15) is 0 Å². The maximum Gasteiger partial charge on any atom is 0.292 e. The molecule has 0 saturated carbocycles. The minimum atomic E-state index is -0.566. The summed E-state index contributed by atoms with van der Waals surface area (Å²) in [5, 5.41) is 14.3. The maximum atomic E-state index is 11.9. The third-order valence-electron chi connectivity index (χ3n) is 4.61. The molecule has 1 fully saturated rings. The van der Waals surface area contributed by atoms with Crippen LogP contribution in [0.2, 0.25) is 0 Å².